The first-order valence-corrected chi connectivity index (χ1v) is 12.7. The maximum Gasteiger partial charge on any atom is 0.230 e. The normalized spacial score (nSPS) is 11.0. The predicted molar refractivity (Wildman–Crippen MR) is 154 cm³/mol. The molecular weight excluding hydrogens is 677 g/mol. The maximum absolute atomic E-state index is 10.3. The third kappa shape index (κ3) is 4.59. The van der Waals surface area contributed by atoms with Crippen LogP contribution in [0.1, 0.15) is 5.56 Å². The molecule has 5 nitrogen and oxygen atoms in total. The van der Waals surface area contributed by atoms with Gasteiger partial charge in [-0.15, -0.1) is 34.9 Å². The van der Waals surface area contributed by atoms with Gasteiger partial charge < -0.3 is 9.52 Å². The van der Waals surface area contributed by atoms with Crippen LogP contribution < -0.4 is 0 Å². The Balaban J connectivity index is 0.00000289. The SMILES string of the molecule is Cc1cc(-c2cc(-c3ccccn3)cc3cccnc23)[c-]c(-c2cccc3oc(-c4ccccc4O)nc23)c1.[Pt]. The first-order valence-electron chi connectivity index (χ1n) is 12.7. The van der Waals surface area contributed by atoms with Gasteiger partial charge in [0, 0.05) is 39.0 Å². The molecule has 7 rings (SSSR count). The van der Waals surface area contributed by atoms with Crippen molar-refractivity contribution >= 4 is 22.0 Å². The number of fused-ring (bicyclic) bond motifs is 2. The zero-order valence-electron chi connectivity index (χ0n) is 21.4. The number of pyridine rings is 2. The number of hydrogen-bond acceptors (Lipinski definition) is 5. The third-order valence-electron chi connectivity index (χ3n) is 6.81. The van der Waals surface area contributed by atoms with Gasteiger partial charge in [-0.2, -0.15) is 0 Å². The molecule has 0 aliphatic rings. The average molecular weight is 700 g/mol. The van der Waals surface area contributed by atoms with E-state index in [0.717, 1.165) is 50.0 Å². The van der Waals surface area contributed by atoms with Crippen molar-refractivity contribution < 1.29 is 30.6 Å². The fourth-order valence-corrected chi connectivity index (χ4v) is 5.02. The second kappa shape index (κ2) is 10.5. The van der Waals surface area contributed by atoms with E-state index >= 15 is 0 Å². The molecule has 0 radical (unpaired) electrons. The largest absolute Gasteiger partial charge is 0.507 e. The van der Waals surface area contributed by atoms with Gasteiger partial charge in [0.25, 0.3) is 0 Å². The van der Waals surface area contributed by atoms with Gasteiger partial charge in [-0.3, -0.25) is 9.97 Å². The Morgan fingerprint density at radius 1 is 0.700 bits per heavy atom. The number of oxazole rings is 1. The van der Waals surface area contributed by atoms with E-state index in [4.69, 9.17) is 14.4 Å². The van der Waals surface area contributed by atoms with Crippen molar-refractivity contribution in [3.05, 3.63) is 121 Å². The van der Waals surface area contributed by atoms with Crippen LogP contribution in [-0.4, -0.2) is 20.1 Å². The summed E-state index contributed by atoms with van der Waals surface area (Å²) in [6.07, 6.45) is 3.63. The molecule has 40 heavy (non-hydrogen) atoms. The van der Waals surface area contributed by atoms with Gasteiger partial charge in [-0.25, -0.2) is 4.98 Å². The van der Waals surface area contributed by atoms with Gasteiger partial charge in [-0.05, 0) is 53.4 Å². The second-order valence-electron chi connectivity index (χ2n) is 9.49. The van der Waals surface area contributed by atoms with Crippen LogP contribution in [0.4, 0.5) is 0 Å². The molecule has 0 spiro atoms. The second-order valence-corrected chi connectivity index (χ2v) is 9.49. The van der Waals surface area contributed by atoms with Gasteiger partial charge in [-0.1, -0.05) is 60.5 Å². The van der Waals surface area contributed by atoms with Crippen LogP contribution in [0.15, 0.2) is 114 Å². The number of aromatic hydroxyl groups is 1. The minimum absolute atomic E-state index is 0. The van der Waals surface area contributed by atoms with Crippen LogP contribution in [0.3, 0.4) is 0 Å². The Hall–Kier alpha value is -4.60. The molecule has 0 saturated heterocycles. The molecule has 1 N–H and O–H groups in total. The molecule has 6 heteroatoms. The van der Waals surface area contributed by atoms with Gasteiger partial charge in [0.15, 0.2) is 0 Å². The Labute approximate surface area is 245 Å². The topological polar surface area (TPSA) is 72.0 Å². The van der Waals surface area contributed by atoms with Crippen molar-refractivity contribution in [2.24, 2.45) is 0 Å². The van der Waals surface area contributed by atoms with Crippen molar-refractivity contribution in [2.75, 3.05) is 0 Å². The molecule has 0 saturated carbocycles. The Kier molecular flexibility index (Phi) is 6.75. The molecule has 0 bridgehead atoms. The van der Waals surface area contributed by atoms with E-state index in [-0.39, 0.29) is 26.8 Å². The summed E-state index contributed by atoms with van der Waals surface area (Å²) in [4.78, 5) is 14.1. The molecule has 3 aromatic heterocycles. The summed E-state index contributed by atoms with van der Waals surface area (Å²) in [5.74, 6) is 0.504. The van der Waals surface area contributed by atoms with E-state index < -0.39 is 0 Å². The number of nitrogens with zero attached hydrogens (tertiary/aromatic N) is 3. The van der Waals surface area contributed by atoms with Crippen LogP contribution in [0, 0.1) is 13.0 Å². The van der Waals surface area contributed by atoms with E-state index in [2.05, 4.69) is 48.3 Å². The standard InChI is InChI=1S/C34H22N3O2.Pt/c1-21-16-23(26-10-6-13-31-33(26)37-34(39-31)27-9-2-3-12-30(27)38)19-24(17-21)28-20-25(29-11-4-5-14-35-29)18-22-8-7-15-36-32(22)28;/h2-18,20,38H,1H3;/q-1;. The third-order valence-corrected chi connectivity index (χ3v) is 6.81. The number of hydrogen-bond donors (Lipinski definition) is 1. The van der Waals surface area contributed by atoms with Gasteiger partial charge in [0.1, 0.15) is 11.3 Å². The van der Waals surface area contributed by atoms with Crippen LogP contribution in [0.25, 0.3) is 67.0 Å². The molecule has 7 aromatic rings. The molecule has 0 atom stereocenters. The number of rotatable bonds is 4. The molecule has 3 heterocycles. The van der Waals surface area contributed by atoms with Crippen LogP contribution >= 0.6 is 0 Å². The minimum Gasteiger partial charge on any atom is -0.507 e. The summed E-state index contributed by atoms with van der Waals surface area (Å²) in [5, 5.41) is 11.4. The van der Waals surface area contributed by atoms with E-state index in [9.17, 15) is 5.11 Å². The molecule has 0 aliphatic carbocycles. The van der Waals surface area contributed by atoms with Crippen molar-refractivity contribution in [3.63, 3.8) is 0 Å². The number of aryl methyl sites for hydroxylation is 1. The number of aromatic nitrogens is 3. The van der Waals surface area contributed by atoms with Gasteiger partial charge >= 0.3 is 0 Å². The number of benzene rings is 4. The molecular formula is C34H22N3O2Pt-. The molecule has 4 aromatic carbocycles. The maximum atomic E-state index is 10.3. The monoisotopic (exact) mass is 699 g/mol. The van der Waals surface area contributed by atoms with E-state index in [1.807, 2.05) is 54.7 Å². The molecule has 0 unspecified atom stereocenters. The van der Waals surface area contributed by atoms with E-state index in [0.29, 0.717) is 22.6 Å². The molecule has 0 aliphatic heterocycles. The summed E-state index contributed by atoms with van der Waals surface area (Å²) in [6, 6.07) is 35.0. The predicted octanol–water partition coefficient (Wildman–Crippen LogP) is 8.25. The zero-order valence-corrected chi connectivity index (χ0v) is 23.7. The van der Waals surface area contributed by atoms with Crippen molar-refractivity contribution in [2.45, 2.75) is 6.92 Å². The molecule has 0 amide bonds. The average Bonchev–Trinajstić information content (AvgIpc) is 3.41. The number of para-hydroxylation sites is 2. The quantitative estimate of drug-likeness (QED) is 0.188. The zero-order chi connectivity index (χ0) is 26.3. The van der Waals surface area contributed by atoms with Crippen LogP contribution in [0.2, 0.25) is 0 Å². The van der Waals surface area contributed by atoms with E-state index in [1.54, 1.807) is 24.4 Å². The van der Waals surface area contributed by atoms with Crippen LogP contribution in [-0.2, 0) is 21.1 Å². The van der Waals surface area contributed by atoms with Crippen LogP contribution in [0.5, 0.6) is 5.75 Å². The van der Waals surface area contributed by atoms with Crippen molar-refractivity contribution in [1.29, 1.82) is 0 Å². The minimum atomic E-state index is 0. The van der Waals surface area contributed by atoms with Gasteiger partial charge in [0.2, 0.25) is 5.89 Å². The number of phenols is 1. The van der Waals surface area contributed by atoms with Gasteiger partial charge in [0.05, 0.1) is 16.8 Å². The Bertz CT molecular complexity index is 2000. The molecule has 0 fully saturated rings. The summed E-state index contributed by atoms with van der Waals surface area (Å²) < 4.78 is 6.06. The van der Waals surface area contributed by atoms with E-state index in [1.165, 1.54) is 0 Å². The Morgan fingerprint density at radius 3 is 2.30 bits per heavy atom. The Morgan fingerprint density at radius 2 is 1.48 bits per heavy atom. The van der Waals surface area contributed by atoms with Crippen molar-refractivity contribution in [1.82, 2.24) is 15.0 Å². The first-order chi connectivity index (χ1) is 19.1. The fourth-order valence-electron chi connectivity index (χ4n) is 5.02. The van der Waals surface area contributed by atoms with Crippen molar-refractivity contribution in [3.8, 4) is 50.7 Å². The molecule has 196 valence electrons. The summed E-state index contributed by atoms with van der Waals surface area (Å²) in [6.45, 7) is 2.08. The number of phenolic OH excluding ortho intramolecular Hbond substituents is 1. The first kappa shape index (κ1) is 25.7. The summed E-state index contributed by atoms with van der Waals surface area (Å²) in [5.41, 5.74) is 9.57. The summed E-state index contributed by atoms with van der Waals surface area (Å²) >= 11 is 0. The fraction of sp³-hybridized carbons (Fsp3) is 0.0294. The summed E-state index contributed by atoms with van der Waals surface area (Å²) in [7, 11) is 0. The smallest absolute Gasteiger partial charge is 0.230 e.